The van der Waals surface area contributed by atoms with E-state index in [2.05, 4.69) is 39.0 Å². The van der Waals surface area contributed by atoms with E-state index in [9.17, 15) is 0 Å². The fourth-order valence-corrected chi connectivity index (χ4v) is 1.46. The lowest BCUT2D eigenvalue weighted by molar-refractivity contribution is 0.342. The van der Waals surface area contributed by atoms with Crippen molar-refractivity contribution in [2.24, 2.45) is 0 Å². The van der Waals surface area contributed by atoms with E-state index in [0.717, 1.165) is 12.1 Å². The quantitative estimate of drug-likeness (QED) is 0.462. The Kier molecular flexibility index (Phi) is 5.20. The molecule has 0 aliphatic heterocycles. The van der Waals surface area contributed by atoms with Crippen molar-refractivity contribution in [2.75, 3.05) is 7.05 Å². The second-order valence-corrected chi connectivity index (χ2v) is 3.37. The molecule has 0 bridgehead atoms. The lowest BCUT2D eigenvalue weighted by Crippen LogP contribution is -2.30. The van der Waals surface area contributed by atoms with Gasteiger partial charge in [0.1, 0.15) is 0 Å². The summed E-state index contributed by atoms with van der Waals surface area (Å²) in [7, 11) is 2.06. The maximum Gasteiger partial charge on any atom is 0.0490 e. The van der Waals surface area contributed by atoms with E-state index in [4.69, 9.17) is 0 Å². The summed E-state index contributed by atoms with van der Waals surface area (Å²) in [6.45, 7) is 14.2. The lowest BCUT2D eigenvalue weighted by atomic mass is 10.1. The van der Waals surface area contributed by atoms with Gasteiger partial charge in [-0.05, 0) is 26.3 Å². The standard InChI is InChI=1S/C12H21N/c1-7-9-11(5)13(6)12(8-2)10(3)4/h7,9,12H,3,5,8H2,1-2,4,6H3/b9-7+. The van der Waals surface area contributed by atoms with Crippen LogP contribution in [0, 0.1) is 0 Å². The van der Waals surface area contributed by atoms with Crippen molar-refractivity contribution in [1.29, 1.82) is 0 Å². The number of allylic oxidation sites excluding steroid dienone is 2. The molecule has 0 heterocycles. The van der Waals surface area contributed by atoms with Crippen LogP contribution in [0.5, 0.6) is 0 Å². The summed E-state index contributed by atoms with van der Waals surface area (Å²) in [6, 6.07) is 0.406. The van der Waals surface area contributed by atoms with Crippen molar-refractivity contribution in [3.05, 3.63) is 36.6 Å². The third-order valence-corrected chi connectivity index (χ3v) is 2.24. The van der Waals surface area contributed by atoms with Crippen LogP contribution in [0.3, 0.4) is 0 Å². The molecule has 0 spiro atoms. The average Bonchev–Trinajstić information content (AvgIpc) is 2.05. The van der Waals surface area contributed by atoms with Gasteiger partial charge in [-0.15, -0.1) is 0 Å². The number of rotatable bonds is 5. The molecule has 74 valence electrons. The van der Waals surface area contributed by atoms with Gasteiger partial charge in [-0.25, -0.2) is 0 Å². The first kappa shape index (κ1) is 12.0. The predicted octanol–water partition coefficient (Wildman–Crippen LogP) is 3.36. The Balaban J connectivity index is 4.45. The van der Waals surface area contributed by atoms with Gasteiger partial charge in [0.25, 0.3) is 0 Å². The van der Waals surface area contributed by atoms with Gasteiger partial charge in [-0.3, -0.25) is 0 Å². The van der Waals surface area contributed by atoms with Crippen molar-refractivity contribution in [1.82, 2.24) is 4.90 Å². The fraction of sp³-hybridized carbons (Fsp3) is 0.500. The van der Waals surface area contributed by atoms with Crippen LogP contribution in [0.2, 0.25) is 0 Å². The summed E-state index contributed by atoms with van der Waals surface area (Å²) in [5, 5.41) is 0. The van der Waals surface area contributed by atoms with Gasteiger partial charge in [0.2, 0.25) is 0 Å². The molecular formula is C12H21N. The molecular weight excluding hydrogens is 158 g/mol. The van der Waals surface area contributed by atoms with Crippen LogP contribution in [0.25, 0.3) is 0 Å². The van der Waals surface area contributed by atoms with Crippen molar-refractivity contribution in [3.8, 4) is 0 Å². The second kappa shape index (κ2) is 5.63. The van der Waals surface area contributed by atoms with E-state index in [1.807, 2.05) is 19.1 Å². The monoisotopic (exact) mass is 179 g/mol. The van der Waals surface area contributed by atoms with Gasteiger partial charge in [0.15, 0.2) is 0 Å². The third-order valence-electron chi connectivity index (χ3n) is 2.24. The maximum atomic E-state index is 3.99. The minimum Gasteiger partial charge on any atom is -0.368 e. The molecule has 0 aromatic carbocycles. The van der Waals surface area contributed by atoms with Gasteiger partial charge >= 0.3 is 0 Å². The first-order valence-electron chi connectivity index (χ1n) is 4.74. The molecule has 0 aromatic rings. The summed E-state index contributed by atoms with van der Waals surface area (Å²) in [4.78, 5) is 2.17. The molecule has 0 amide bonds. The Morgan fingerprint density at radius 2 is 2.00 bits per heavy atom. The summed E-state index contributed by atoms with van der Waals surface area (Å²) >= 11 is 0. The predicted molar refractivity (Wildman–Crippen MR) is 60.6 cm³/mol. The normalized spacial score (nSPS) is 12.9. The van der Waals surface area contributed by atoms with E-state index < -0.39 is 0 Å². The number of hydrogen-bond acceptors (Lipinski definition) is 1. The van der Waals surface area contributed by atoms with E-state index in [0.29, 0.717) is 6.04 Å². The zero-order valence-electron chi connectivity index (χ0n) is 9.30. The molecule has 0 rings (SSSR count). The number of nitrogens with zero attached hydrogens (tertiary/aromatic N) is 1. The zero-order valence-corrected chi connectivity index (χ0v) is 9.30. The highest BCUT2D eigenvalue weighted by Crippen LogP contribution is 2.15. The van der Waals surface area contributed by atoms with Gasteiger partial charge < -0.3 is 4.90 Å². The molecule has 0 saturated heterocycles. The Bertz CT molecular complexity index is 213. The molecule has 0 aliphatic carbocycles. The smallest absolute Gasteiger partial charge is 0.0490 e. The molecule has 1 unspecified atom stereocenters. The van der Waals surface area contributed by atoms with Crippen molar-refractivity contribution < 1.29 is 0 Å². The Hall–Kier alpha value is -0.980. The first-order chi connectivity index (χ1) is 6.04. The van der Waals surface area contributed by atoms with Crippen molar-refractivity contribution >= 4 is 0 Å². The highest BCUT2D eigenvalue weighted by molar-refractivity contribution is 5.16. The van der Waals surface area contributed by atoms with Crippen molar-refractivity contribution in [2.45, 2.75) is 33.2 Å². The fourth-order valence-electron chi connectivity index (χ4n) is 1.46. The van der Waals surface area contributed by atoms with Crippen LogP contribution < -0.4 is 0 Å². The zero-order chi connectivity index (χ0) is 10.4. The molecule has 1 heteroatoms. The van der Waals surface area contributed by atoms with Gasteiger partial charge in [0.05, 0.1) is 0 Å². The van der Waals surface area contributed by atoms with Gasteiger partial charge in [0, 0.05) is 18.8 Å². The van der Waals surface area contributed by atoms with Crippen LogP contribution >= 0.6 is 0 Å². The number of hydrogen-bond donors (Lipinski definition) is 0. The van der Waals surface area contributed by atoms with Crippen molar-refractivity contribution in [3.63, 3.8) is 0 Å². The van der Waals surface area contributed by atoms with Crippen LogP contribution in [-0.4, -0.2) is 18.0 Å². The molecule has 0 aliphatic rings. The summed E-state index contributed by atoms with van der Waals surface area (Å²) in [6.07, 6.45) is 5.10. The Morgan fingerprint density at radius 1 is 1.46 bits per heavy atom. The molecule has 1 atom stereocenters. The van der Waals surface area contributed by atoms with E-state index in [-0.39, 0.29) is 0 Å². The first-order valence-corrected chi connectivity index (χ1v) is 4.74. The molecule has 0 radical (unpaired) electrons. The average molecular weight is 179 g/mol. The molecule has 0 fully saturated rings. The molecule has 0 N–H and O–H groups in total. The minimum atomic E-state index is 0.406. The van der Waals surface area contributed by atoms with Crippen LogP contribution in [0.15, 0.2) is 36.6 Å². The number of likely N-dealkylation sites (N-methyl/N-ethyl adjacent to an activating group) is 1. The molecule has 13 heavy (non-hydrogen) atoms. The largest absolute Gasteiger partial charge is 0.368 e. The summed E-state index contributed by atoms with van der Waals surface area (Å²) in [5.74, 6) is 0. The molecule has 0 saturated carbocycles. The molecule has 1 nitrogen and oxygen atoms in total. The Morgan fingerprint density at radius 3 is 2.31 bits per heavy atom. The van der Waals surface area contributed by atoms with Gasteiger partial charge in [-0.1, -0.05) is 31.7 Å². The topological polar surface area (TPSA) is 3.24 Å². The SMILES string of the molecule is C=C(C)C(CC)N(C)C(=C)/C=C/C. The summed E-state index contributed by atoms with van der Waals surface area (Å²) in [5.41, 5.74) is 2.23. The second-order valence-electron chi connectivity index (χ2n) is 3.37. The highest BCUT2D eigenvalue weighted by Gasteiger charge is 2.12. The third kappa shape index (κ3) is 3.49. The highest BCUT2D eigenvalue weighted by atomic mass is 15.1. The van der Waals surface area contributed by atoms with Gasteiger partial charge in [-0.2, -0.15) is 0 Å². The minimum absolute atomic E-state index is 0.406. The van der Waals surface area contributed by atoms with Crippen LogP contribution in [0.4, 0.5) is 0 Å². The van der Waals surface area contributed by atoms with Crippen LogP contribution in [0.1, 0.15) is 27.2 Å². The maximum absolute atomic E-state index is 3.99. The summed E-state index contributed by atoms with van der Waals surface area (Å²) < 4.78 is 0. The Labute approximate surface area is 82.4 Å². The van der Waals surface area contributed by atoms with Crippen LogP contribution in [-0.2, 0) is 0 Å². The van der Waals surface area contributed by atoms with E-state index in [1.165, 1.54) is 5.57 Å². The van der Waals surface area contributed by atoms with E-state index in [1.54, 1.807) is 0 Å². The molecule has 0 aromatic heterocycles. The van der Waals surface area contributed by atoms with E-state index >= 15 is 0 Å². The lowest BCUT2D eigenvalue weighted by Gasteiger charge is -2.29.